The maximum Gasteiger partial charge on any atom is 0.258 e. The van der Waals surface area contributed by atoms with Gasteiger partial charge in [0.1, 0.15) is 5.75 Å². The van der Waals surface area contributed by atoms with Gasteiger partial charge in [0.05, 0.1) is 0 Å². The fourth-order valence-electron chi connectivity index (χ4n) is 2.56. The fraction of sp³-hybridized carbons (Fsp3) is 0.562. The van der Waals surface area contributed by atoms with Crippen LogP contribution in [0.3, 0.4) is 0 Å². The van der Waals surface area contributed by atoms with E-state index in [9.17, 15) is 4.79 Å². The quantitative estimate of drug-likeness (QED) is 0.811. The van der Waals surface area contributed by atoms with Gasteiger partial charge < -0.3 is 15.8 Å². The van der Waals surface area contributed by atoms with Gasteiger partial charge in [-0.15, -0.1) is 0 Å². The van der Waals surface area contributed by atoms with Crippen LogP contribution in [0.2, 0.25) is 0 Å². The van der Waals surface area contributed by atoms with Crippen molar-refractivity contribution < 1.29 is 9.53 Å². The smallest absolute Gasteiger partial charge is 0.258 e. The van der Waals surface area contributed by atoms with Gasteiger partial charge in [0, 0.05) is 12.6 Å². The van der Waals surface area contributed by atoms with Crippen LogP contribution in [0.25, 0.3) is 0 Å². The molecule has 0 bridgehead atoms. The average Bonchev–Trinajstić information content (AvgIpc) is 2.74. The summed E-state index contributed by atoms with van der Waals surface area (Å²) in [7, 11) is 0. The van der Waals surface area contributed by atoms with Gasteiger partial charge >= 0.3 is 0 Å². The Morgan fingerprint density at radius 2 is 1.80 bits per heavy atom. The van der Waals surface area contributed by atoms with E-state index in [1.54, 1.807) is 0 Å². The SMILES string of the molecule is NCc1ccc(OCC(=O)NC2CCCCCC2)cc1. The molecule has 1 fully saturated rings. The van der Waals surface area contributed by atoms with E-state index in [1.165, 1.54) is 25.7 Å². The Balaban J connectivity index is 1.73. The summed E-state index contributed by atoms with van der Waals surface area (Å²) < 4.78 is 5.49. The summed E-state index contributed by atoms with van der Waals surface area (Å²) in [6, 6.07) is 7.85. The number of hydrogen-bond donors (Lipinski definition) is 2. The summed E-state index contributed by atoms with van der Waals surface area (Å²) in [5, 5.41) is 3.07. The van der Waals surface area contributed by atoms with E-state index < -0.39 is 0 Å². The molecule has 1 aromatic carbocycles. The van der Waals surface area contributed by atoms with Crippen LogP contribution < -0.4 is 15.8 Å². The van der Waals surface area contributed by atoms with Crippen molar-refractivity contribution in [2.24, 2.45) is 5.73 Å². The van der Waals surface area contributed by atoms with E-state index in [2.05, 4.69) is 5.32 Å². The Labute approximate surface area is 120 Å². The lowest BCUT2D eigenvalue weighted by Gasteiger charge is -2.16. The van der Waals surface area contributed by atoms with Crippen molar-refractivity contribution in [3.05, 3.63) is 29.8 Å². The van der Waals surface area contributed by atoms with Gasteiger partial charge in [-0.2, -0.15) is 0 Å². The Kier molecular flexibility index (Phi) is 5.87. The minimum Gasteiger partial charge on any atom is -0.484 e. The van der Waals surface area contributed by atoms with Crippen LogP contribution in [0.15, 0.2) is 24.3 Å². The van der Waals surface area contributed by atoms with Crippen molar-refractivity contribution in [2.45, 2.75) is 51.1 Å². The van der Waals surface area contributed by atoms with Gasteiger partial charge in [-0.05, 0) is 30.5 Å². The molecule has 1 aliphatic carbocycles. The molecule has 0 aromatic heterocycles. The molecule has 4 nitrogen and oxygen atoms in total. The number of hydrogen-bond acceptors (Lipinski definition) is 3. The number of carbonyl (C=O) groups is 1. The third-order valence-electron chi connectivity index (χ3n) is 3.75. The van der Waals surface area contributed by atoms with E-state index in [4.69, 9.17) is 10.5 Å². The highest BCUT2D eigenvalue weighted by molar-refractivity contribution is 5.77. The summed E-state index contributed by atoms with van der Waals surface area (Å²) in [6.07, 6.45) is 7.19. The van der Waals surface area contributed by atoms with Crippen LogP contribution in [-0.4, -0.2) is 18.6 Å². The first-order valence-electron chi connectivity index (χ1n) is 7.49. The second-order valence-electron chi connectivity index (χ2n) is 5.39. The predicted molar refractivity (Wildman–Crippen MR) is 79.5 cm³/mol. The molecule has 1 aliphatic rings. The van der Waals surface area contributed by atoms with Crippen molar-refractivity contribution in [3.63, 3.8) is 0 Å². The summed E-state index contributed by atoms with van der Waals surface area (Å²) in [5.41, 5.74) is 6.59. The van der Waals surface area contributed by atoms with Crippen LogP contribution in [0.5, 0.6) is 5.75 Å². The predicted octanol–water partition coefficient (Wildman–Crippen LogP) is 2.36. The first-order chi connectivity index (χ1) is 9.78. The number of rotatable bonds is 5. The summed E-state index contributed by atoms with van der Waals surface area (Å²) in [6.45, 7) is 0.598. The van der Waals surface area contributed by atoms with Crippen molar-refractivity contribution in [1.29, 1.82) is 0 Å². The monoisotopic (exact) mass is 276 g/mol. The maximum absolute atomic E-state index is 11.9. The van der Waals surface area contributed by atoms with E-state index >= 15 is 0 Å². The number of ether oxygens (including phenoxy) is 1. The lowest BCUT2D eigenvalue weighted by Crippen LogP contribution is -2.37. The minimum absolute atomic E-state index is 0.0280. The van der Waals surface area contributed by atoms with Crippen molar-refractivity contribution in [3.8, 4) is 5.75 Å². The van der Waals surface area contributed by atoms with Crippen LogP contribution in [0.1, 0.15) is 44.1 Å². The second kappa shape index (κ2) is 7.90. The molecule has 0 aliphatic heterocycles. The molecule has 1 saturated carbocycles. The van der Waals surface area contributed by atoms with Crippen LogP contribution in [0, 0.1) is 0 Å². The molecule has 0 radical (unpaired) electrons. The molecule has 1 amide bonds. The highest BCUT2D eigenvalue weighted by atomic mass is 16.5. The zero-order chi connectivity index (χ0) is 14.2. The van der Waals surface area contributed by atoms with Gasteiger partial charge in [-0.3, -0.25) is 4.79 Å². The van der Waals surface area contributed by atoms with Gasteiger partial charge in [-0.25, -0.2) is 0 Å². The van der Waals surface area contributed by atoms with Gasteiger partial charge in [0.25, 0.3) is 5.91 Å². The Hall–Kier alpha value is -1.55. The standard InChI is InChI=1S/C16H24N2O2/c17-11-13-7-9-15(10-8-13)20-12-16(19)18-14-5-3-1-2-4-6-14/h7-10,14H,1-6,11-12,17H2,(H,18,19). The highest BCUT2D eigenvalue weighted by Gasteiger charge is 2.14. The average molecular weight is 276 g/mol. The number of nitrogens with two attached hydrogens (primary N) is 1. The zero-order valence-corrected chi connectivity index (χ0v) is 11.9. The minimum atomic E-state index is -0.0280. The number of carbonyl (C=O) groups excluding carboxylic acids is 1. The molecule has 4 heteroatoms. The second-order valence-corrected chi connectivity index (χ2v) is 5.39. The van der Waals surface area contributed by atoms with E-state index in [-0.39, 0.29) is 12.5 Å². The molecule has 0 spiro atoms. The largest absolute Gasteiger partial charge is 0.484 e. The lowest BCUT2D eigenvalue weighted by atomic mass is 10.1. The van der Waals surface area contributed by atoms with Crippen LogP contribution in [-0.2, 0) is 11.3 Å². The van der Waals surface area contributed by atoms with E-state index in [1.807, 2.05) is 24.3 Å². The molecular formula is C16H24N2O2. The molecule has 110 valence electrons. The van der Waals surface area contributed by atoms with E-state index in [0.29, 0.717) is 18.3 Å². The highest BCUT2D eigenvalue weighted by Crippen LogP contribution is 2.17. The molecule has 3 N–H and O–H groups in total. The molecular weight excluding hydrogens is 252 g/mol. The molecule has 0 atom stereocenters. The molecule has 1 aromatic rings. The first-order valence-corrected chi connectivity index (χ1v) is 7.49. The summed E-state index contributed by atoms with van der Waals surface area (Å²) >= 11 is 0. The molecule has 2 rings (SSSR count). The van der Waals surface area contributed by atoms with Crippen molar-refractivity contribution in [1.82, 2.24) is 5.32 Å². The molecule has 0 heterocycles. The van der Waals surface area contributed by atoms with Gasteiger partial charge in [0.15, 0.2) is 6.61 Å². The maximum atomic E-state index is 11.9. The summed E-state index contributed by atoms with van der Waals surface area (Å²) in [5.74, 6) is 0.679. The zero-order valence-electron chi connectivity index (χ0n) is 11.9. The third-order valence-corrected chi connectivity index (χ3v) is 3.75. The number of benzene rings is 1. The van der Waals surface area contributed by atoms with Gasteiger partial charge in [-0.1, -0.05) is 37.8 Å². The Morgan fingerprint density at radius 3 is 2.40 bits per heavy atom. The lowest BCUT2D eigenvalue weighted by molar-refractivity contribution is -0.123. The molecule has 20 heavy (non-hydrogen) atoms. The molecule has 0 saturated heterocycles. The van der Waals surface area contributed by atoms with Crippen LogP contribution >= 0.6 is 0 Å². The third kappa shape index (κ3) is 4.85. The topological polar surface area (TPSA) is 64.3 Å². The van der Waals surface area contributed by atoms with E-state index in [0.717, 1.165) is 18.4 Å². The van der Waals surface area contributed by atoms with Crippen LogP contribution in [0.4, 0.5) is 0 Å². The molecule has 0 unspecified atom stereocenters. The number of nitrogens with one attached hydrogen (secondary N) is 1. The van der Waals surface area contributed by atoms with Crippen molar-refractivity contribution >= 4 is 5.91 Å². The fourth-order valence-corrected chi connectivity index (χ4v) is 2.56. The number of amides is 1. The first kappa shape index (κ1) is 14.9. The van der Waals surface area contributed by atoms with Crippen molar-refractivity contribution in [2.75, 3.05) is 6.61 Å². The Morgan fingerprint density at radius 1 is 1.15 bits per heavy atom. The summed E-state index contributed by atoms with van der Waals surface area (Å²) in [4.78, 5) is 11.9. The normalized spacial score (nSPS) is 16.4. The Bertz CT molecular complexity index is 409. The van der Waals surface area contributed by atoms with Gasteiger partial charge in [0.2, 0.25) is 0 Å².